The maximum absolute atomic E-state index is 12.6. The molecule has 1 rings (SSSR count). The van der Waals surface area contributed by atoms with E-state index in [0.717, 1.165) is 12.1 Å². The lowest BCUT2D eigenvalue weighted by Gasteiger charge is -2.01. The number of carboxylic acids is 1. The first kappa shape index (κ1) is 8.80. The summed E-state index contributed by atoms with van der Waals surface area (Å²) in [6.45, 7) is 0. The van der Waals surface area contributed by atoms with Crippen molar-refractivity contribution < 1.29 is 14.3 Å². The minimum absolute atomic E-state index is 0.0749. The van der Waals surface area contributed by atoms with Gasteiger partial charge in [0.1, 0.15) is 5.82 Å². The minimum atomic E-state index is -1.30. The van der Waals surface area contributed by atoms with Crippen LogP contribution in [0.5, 0.6) is 0 Å². The summed E-state index contributed by atoms with van der Waals surface area (Å²) in [5, 5.41) is 8.37. The predicted molar refractivity (Wildman–Crippen MR) is 42.8 cm³/mol. The lowest BCUT2D eigenvalue weighted by molar-refractivity contribution is 0.0696. The van der Waals surface area contributed by atoms with Crippen molar-refractivity contribution >= 4 is 23.3 Å². The van der Waals surface area contributed by atoms with Crippen LogP contribution in [0.15, 0.2) is 12.1 Å². The second-order valence-electron chi connectivity index (χ2n) is 2.16. The van der Waals surface area contributed by atoms with Crippen LogP contribution in [-0.2, 0) is 0 Å². The van der Waals surface area contributed by atoms with E-state index in [1.807, 2.05) is 0 Å². The number of carbonyl (C=O) groups is 1. The summed E-state index contributed by atoms with van der Waals surface area (Å²) in [6, 6.07) is 1.79. The molecule has 0 spiro atoms. The largest absolute Gasteiger partial charge is 0.478 e. The van der Waals surface area contributed by atoms with Crippen molar-refractivity contribution in [2.45, 2.75) is 0 Å². The smallest absolute Gasteiger partial charge is 0.337 e. The van der Waals surface area contributed by atoms with Crippen molar-refractivity contribution in [3.63, 3.8) is 0 Å². The SMILES string of the molecule is Nc1cc(F)cc(C(=O)O)c1Cl. The molecule has 64 valence electrons. The average molecular weight is 190 g/mol. The summed E-state index contributed by atoms with van der Waals surface area (Å²) in [6.07, 6.45) is 0. The van der Waals surface area contributed by atoms with E-state index in [9.17, 15) is 9.18 Å². The zero-order chi connectivity index (χ0) is 9.30. The maximum atomic E-state index is 12.6. The van der Waals surface area contributed by atoms with Gasteiger partial charge in [0.15, 0.2) is 0 Å². The Hall–Kier alpha value is -1.29. The molecule has 0 aliphatic carbocycles. The molecule has 0 aliphatic rings. The summed E-state index contributed by atoms with van der Waals surface area (Å²) in [4.78, 5) is 10.4. The van der Waals surface area contributed by atoms with Gasteiger partial charge in [0.25, 0.3) is 0 Å². The van der Waals surface area contributed by atoms with Gasteiger partial charge >= 0.3 is 5.97 Å². The number of nitrogens with two attached hydrogens (primary N) is 1. The molecule has 0 atom stereocenters. The van der Waals surface area contributed by atoms with Crippen LogP contribution in [0.1, 0.15) is 10.4 Å². The topological polar surface area (TPSA) is 63.3 Å². The van der Waals surface area contributed by atoms with Gasteiger partial charge in [0, 0.05) is 0 Å². The fourth-order valence-electron chi connectivity index (χ4n) is 0.766. The summed E-state index contributed by atoms with van der Waals surface area (Å²) in [5.41, 5.74) is 4.82. The molecule has 0 fully saturated rings. The normalized spacial score (nSPS) is 9.83. The van der Waals surface area contributed by atoms with Crippen LogP contribution >= 0.6 is 11.6 Å². The predicted octanol–water partition coefficient (Wildman–Crippen LogP) is 1.76. The van der Waals surface area contributed by atoms with Crippen molar-refractivity contribution in [2.24, 2.45) is 0 Å². The lowest BCUT2D eigenvalue weighted by Crippen LogP contribution is -2.01. The number of halogens is 2. The Balaban J connectivity index is 3.37. The standard InChI is InChI=1S/C7H5ClFNO2/c8-6-4(7(11)12)1-3(9)2-5(6)10/h1-2H,10H2,(H,11,12). The Bertz CT molecular complexity index is 340. The second kappa shape index (κ2) is 2.98. The molecular formula is C7H5ClFNO2. The number of aromatic carboxylic acids is 1. The number of hydrogen-bond donors (Lipinski definition) is 2. The summed E-state index contributed by atoms with van der Waals surface area (Å²) in [5.74, 6) is -2.01. The van der Waals surface area contributed by atoms with E-state index in [1.54, 1.807) is 0 Å². The molecule has 1 aromatic carbocycles. The van der Waals surface area contributed by atoms with E-state index >= 15 is 0 Å². The molecule has 0 radical (unpaired) electrons. The summed E-state index contributed by atoms with van der Waals surface area (Å²) in [7, 11) is 0. The first-order chi connectivity index (χ1) is 5.52. The molecule has 0 saturated carbocycles. The van der Waals surface area contributed by atoms with Gasteiger partial charge in [0.2, 0.25) is 0 Å². The highest BCUT2D eigenvalue weighted by molar-refractivity contribution is 6.35. The number of rotatable bonds is 1. The number of carboxylic acid groups (broad SMARTS) is 1. The highest BCUT2D eigenvalue weighted by Crippen LogP contribution is 2.24. The van der Waals surface area contributed by atoms with E-state index in [-0.39, 0.29) is 16.3 Å². The molecule has 0 unspecified atom stereocenters. The van der Waals surface area contributed by atoms with Crippen LogP contribution < -0.4 is 5.73 Å². The molecule has 0 heterocycles. The molecule has 0 saturated heterocycles. The number of hydrogen-bond acceptors (Lipinski definition) is 2. The second-order valence-corrected chi connectivity index (χ2v) is 2.54. The van der Waals surface area contributed by atoms with E-state index in [2.05, 4.69) is 0 Å². The van der Waals surface area contributed by atoms with Crippen LogP contribution in [-0.4, -0.2) is 11.1 Å². The Morgan fingerprint density at radius 3 is 2.67 bits per heavy atom. The summed E-state index contributed by atoms with van der Waals surface area (Å²) >= 11 is 5.49. The monoisotopic (exact) mass is 189 g/mol. The molecule has 5 heteroatoms. The molecule has 0 amide bonds. The van der Waals surface area contributed by atoms with Crippen LogP contribution in [0.4, 0.5) is 10.1 Å². The molecule has 0 bridgehead atoms. The molecule has 0 aliphatic heterocycles. The fraction of sp³-hybridized carbons (Fsp3) is 0. The molecule has 0 aromatic heterocycles. The Morgan fingerprint density at radius 2 is 2.17 bits per heavy atom. The zero-order valence-corrected chi connectivity index (χ0v) is 6.60. The van der Waals surface area contributed by atoms with Gasteiger partial charge < -0.3 is 10.8 Å². The highest BCUT2D eigenvalue weighted by Gasteiger charge is 2.12. The Labute approximate surface area is 72.6 Å². The minimum Gasteiger partial charge on any atom is -0.478 e. The van der Waals surface area contributed by atoms with Crippen LogP contribution in [0.2, 0.25) is 5.02 Å². The number of nitrogen functional groups attached to an aromatic ring is 1. The zero-order valence-electron chi connectivity index (χ0n) is 5.84. The van der Waals surface area contributed by atoms with Crippen molar-refractivity contribution in [2.75, 3.05) is 5.73 Å². The van der Waals surface area contributed by atoms with Gasteiger partial charge in [-0.1, -0.05) is 11.6 Å². The van der Waals surface area contributed by atoms with Gasteiger partial charge in [-0.15, -0.1) is 0 Å². The van der Waals surface area contributed by atoms with E-state index in [1.165, 1.54) is 0 Å². The average Bonchev–Trinajstić information content (AvgIpc) is 1.96. The van der Waals surface area contributed by atoms with E-state index in [4.69, 9.17) is 22.4 Å². The van der Waals surface area contributed by atoms with Gasteiger partial charge in [-0.25, -0.2) is 9.18 Å². The Kier molecular flexibility index (Phi) is 2.19. The third-order valence-electron chi connectivity index (χ3n) is 1.30. The fourth-order valence-corrected chi connectivity index (χ4v) is 0.956. The Morgan fingerprint density at radius 1 is 1.58 bits per heavy atom. The highest BCUT2D eigenvalue weighted by atomic mass is 35.5. The molecule has 12 heavy (non-hydrogen) atoms. The first-order valence-electron chi connectivity index (χ1n) is 3.00. The number of benzene rings is 1. The van der Waals surface area contributed by atoms with Crippen molar-refractivity contribution in [3.05, 3.63) is 28.5 Å². The molecule has 3 nitrogen and oxygen atoms in total. The maximum Gasteiger partial charge on any atom is 0.337 e. The van der Waals surface area contributed by atoms with Crippen LogP contribution in [0.3, 0.4) is 0 Å². The lowest BCUT2D eigenvalue weighted by atomic mass is 10.2. The quantitative estimate of drug-likeness (QED) is 0.662. The number of anilines is 1. The van der Waals surface area contributed by atoms with Gasteiger partial charge in [-0.2, -0.15) is 0 Å². The molecular weight excluding hydrogens is 185 g/mol. The third-order valence-corrected chi connectivity index (χ3v) is 1.72. The van der Waals surface area contributed by atoms with Crippen LogP contribution in [0.25, 0.3) is 0 Å². The van der Waals surface area contributed by atoms with Crippen molar-refractivity contribution in [3.8, 4) is 0 Å². The van der Waals surface area contributed by atoms with Crippen molar-refractivity contribution in [1.82, 2.24) is 0 Å². The van der Waals surface area contributed by atoms with E-state index in [0.29, 0.717) is 0 Å². The van der Waals surface area contributed by atoms with Gasteiger partial charge in [0.05, 0.1) is 16.3 Å². The van der Waals surface area contributed by atoms with Crippen LogP contribution in [0, 0.1) is 5.82 Å². The molecule has 1 aromatic rings. The molecule has 3 N–H and O–H groups in total. The summed E-state index contributed by atoms with van der Waals surface area (Å²) < 4.78 is 12.6. The van der Waals surface area contributed by atoms with Gasteiger partial charge in [-0.05, 0) is 12.1 Å². The van der Waals surface area contributed by atoms with Crippen molar-refractivity contribution in [1.29, 1.82) is 0 Å². The van der Waals surface area contributed by atoms with Gasteiger partial charge in [-0.3, -0.25) is 0 Å². The third kappa shape index (κ3) is 1.48. The first-order valence-corrected chi connectivity index (χ1v) is 3.38. The van der Waals surface area contributed by atoms with E-state index < -0.39 is 11.8 Å².